The van der Waals surface area contributed by atoms with Crippen LogP contribution in [0.3, 0.4) is 0 Å². The van der Waals surface area contributed by atoms with Crippen LogP contribution in [-0.2, 0) is 23.1 Å². The first kappa shape index (κ1) is 19.4. The second-order valence-corrected chi connectivity index (χ2v) is 7.93. The predicted octanol–water partition coefficient (Wildman–Crippen LogP) is 2.53. The summed E-state index contributed by atoms with van der Waals surface area (Å²) in [6.45, 7) is 8.82. The normalized spacial score (nSPS) is 15.4. The molecule has 0 N–H and O–H groups in total. The van der Waals surface area contributed by atoms with Gasteiger partial charge in [-0.05, 0) is 37.0 Å². The molecule has 1 fully saturated rings. The Morgan fingerprint density at radius 1 is 1.07 bits per heavy atom. The van der Waals surface area contributed by atoms with Gasteiger partial charge in [-0.15, -0.1) is 0 Å². The zero-order valence-electron chi connectivity index (χ0n) is 16.9. The van der Waals surface area contributed by atoms with Gasteiger partial charge in [-0.3, -0.25) is 9.59 Å². The molecule has 0 unspecified atom stereocenters. The van der Waals surface area contributed by atoms with Crippen molar-refractivity contribution >= 4 is 22.8 Å². The third-order valence-corrected chi connectivity index (χ3v) is 5.31. The number of hydrogen-bond donors (Lipinski definition) is 0. The Hall–Kier alpha value is -2.37. The SMILES string of the molecule is Cc1nc2cc(CC(=O)N3CCCN(C(=O)CC(C)C)CC3)ccc2n1C. The van der Waals surface area contributed by atoms with Crippen LogP contribution in [0.1, 0.15) is 38.1 Å². The van der Waals surface area contributed by atoms with Crippen LogP contribution in [0.2, 0.25) is 0 Å². The highest BCUT2D eigenvalue weighted by Crippen LogP contribution is 2.18. The van der Waals surface area contributed by atoms with Gasteiger partial charge in [-0.2, -0.15) is 0 Å². The van der Waals surface area contributed by atoms with Gasteiger partial charge in [-0.25, -0.2) is 4.98 Å². The number of benzene rings is 1. The molecular formula is C21H30N4O2. The molecule has 0 saturated carbocycles. The van der Waals surface area contributed by atoms with Crippen LogP contribution >= 0.6 is 0 Å². The molecule has 146 valence electrons. The Bertz CT molecular complexity index is 840. The summed E-state index contributed by atoms with van der Waals surface area (Å²) in [6, 6.07) is 6.06. The minimum atomic E-state index is 0.125. The molecule has 0 spiro atoms. The topological polar surface area (TPSA) is 58.4 Å². The van der Waals surface area contributed by atoms with E-state index in [0.717, 1.165) is 41.9 Å². The molecule has 1 aromatic heterocycles. The first-order chi connectivity index (χ1) is 12.8. The zero-order chi connectivity index (χ0) is 19.6. The molecule has 0 atom stereocenters. The number of rotatable bonds is 4. The Labute approximate surface area is 161 Å². The predicted molar refractivity (Wildman–Crippen MR) is 106 cm³/mol. The quantitative estimate of drug-likeness (QED) is 0.831. The number of carbonyl (C=O) groups excluding carboxylic acids is 2. The molecule has 6 heteroatoms. The Morgan fingerprint density at radius 3 is 2.41 bits per heavy atom. The summed E-state index contributed by atoms with van der Waals surface area (Å²) in [7, 11) is 2.00. The molecule has 6 nitrogen and oxygen atoms in total. The fourth-order valence-corrected chi connectivity index (χ4v) is 3.66. The van der Waals surface area contributed by atoms with E-state index in [4.69, 9.17) is 0 Å². The first-order valence-electron chi connectivity index (χ1n) is 9.82. The molecule has 1 saturated heterocycles. The van der Waals surface area contributed by atoms with Crippen molar-refractivity contribution in [1.82, 2.24) is 19.4 Å². The monoisotopic (exact) mass is 370 g/mol. The average molecular weight is 370 g/mol. The fourth-order valence-electron chi connectivity index (χ4n) is 3.66. The molecular weight excluding hydrogens is 340 g/mol. The van der Waals surface area contributed by atoms with Crippen LogP contribution in [0.15, 0.2) is 18.2 Å². The van der Waals surface area contributed by atoms with Crippen molar-refractivity contribution in [3.05, 3.63) is 29.6 Å². The van der Waals surface area contributed by atoms with E-state index in [9.17, 15) is 9.59 Å². The lowest BCUT2D eigenvalue weighted by molar-refractivity contribution is -0.133. The highest BCUT2D eigenvalue weighted by atomic mass is 16.2. The van der Waals surface area contributed by atoms with Crippen molar-refractivity contribution < 1.29 is 9.59 Å². The van der Waals surface area contributed by atoms with E-state index in [2.05, 4.69) is 23.4 Å². The molecule has 0 bridgehead atoms. The summed E-state index contributed by atoms with van der Waals surface area (Å²) in [6.07, 6.45) is 1.80. The second-order valence-electron chi connectivity index (χ2n) is 7.93. The van der Waals surface area contributed by atoms with E-state index in [-0.39, 0.29) is 11.8 Å². The second kappa shape index (κ2) is 8.11. The number of hydrogen-bond acceptors (Lipinski definition) is 3. The highest BCUT2D eigenvalue weighted by Gasteiger charge is 2.22. The summed E-state index contributed by atoms with van der Waals surface area (Å²) < 4.78 is 2.05. The van der Waals surface area contributed by atoms with Crippen LogP contribution in [0.5, 0.6) is 0 Å². The minimum Gasteiger partial charge on any atom is -0.341 e. The molecule has 0 radical (unpaired) electrons. The van der Waals surface area contributed by atoms with E-state index < -0.39 is 0 Å². The molecule has 2 aromatic rings. The fraction of sp³-hybridized carbons (Fsp3) is 0.571. The summed E-state index contributed by atoms with van der Waals surface area (Å²) in [5.41, 5.74) is 3.00. The maximum Gasteiger partial charge on any atom is 0.227 e. The van der Waals surface area contributed by atoms with Gasteiger partial charge in [-0.1, -0.05) is 19.9 Å². The highest BCUT2D eigenvalue weighted by molar-refractivity contribution is 5.82. The van der Waals surface area contributed by atoms with Gasteiger partial charge in [0.25, 0.3) is 0 Å². The maximum absolute atomic E-state index is 12.8. The average Bonchev–Trinajstić information content (AvgIpc) is 2.79. The van der Waals surface area contributed by atoms with E-state index in [1.807, 2.05) is 42.0 Å². The molecule has 27 heavy (non-hydrogen) atoms. The molecule has 1 aliphatic heterocycles. The molecule has 2 amide bonds. The number of amides is 2. The van der Waals surface area contributed by atoms with E-state index in [1.165, 1.54) is 0 Å². The number of nitrogens with zero attached hydrogens (tertiary/aromatic N) is 4. The largest absolute Gasteiger partial charge is 0.341 e. The van der Waals surface area contributed by atoms with Crippen LogP contribution in [0.4, 0.5) is 0 Å². The summed E-state index contributed by atoms with van der Waals surface area (Å²) in [5, 5.41) is 0. The van der Waals surface area contributed by atoms with Crippen molar-refractivity contribution in [3.8, 4) is 0 Å². The van der Waals surface area contributed by atoms with Gasteiger partial charge in [0.1, 0.15) is 5.82 Å². The number of carbonyl (C=O) groups is 2. The van der Waals surface area contributed by atoms with E-state index >= 15 is 0 Å². The summed E-state index contributed by atoms with van der Waals surface area (Å²) in [4.78, 5) is 33.4. The lowest BCUT2D eigenvalue weighted by Gasteiger charge is -2.23. The third-order valence-electron chi connectivity index (χ3n) is 5.31. The Kier molecular flexibility index (Phi) is 5.82. The summed E-state index contributed by atoms with van der Waals surface area (Å²) >= 11 is 0. The molecule has 0 aliphatic carbocycles. The van der Waals surface area contributed by atoms with Crippen molar-refractivity contribution in [1.29, 1.82) is 0 Å². The van der Waals surface area contributed by atoms with Crippen molar-refractivity contribution in [2.45, 2.75) is 40.0 Å². The van der Waals surface area contributed by atoms with Gasteiger partial charge in [0, 0.05) is 39.6 Å². The van der Waals surface area contributed by atoms with Gasteiger partial charge >= 0.3 is 0 Å². The smallest absolute Gasteiger partial charge is 0.227 e. The van der Waals surface area contributed by atoms with Gasteiger partial charge in [0.15, 0.2) is 0 Å². The number of aromatic nitrogens is 2. The molecule has 2 heterocycles. The van der Waals surface area contributed by atoms with E-state index in [0.29, 0.717) is 31.8 Å². The van der Waals surface area contributed by atoms with Crippen molar-refractivity contribution in [2.75, 3.05) is 26.2 Å². The zero-order valence-corrected chi connectivity index (χ0v) is 16.9. The van der Waals surface area contributed by atoms with Crippen LogP contribution < -0.4 is 0 Å². The number of fused-ring (bicyclic) bond motifs is 1. The lowest BCUT2D eigenvalue weighted by Crippen LogP contribution is -2.38. The first-order valence-corrected chi connectivity index (χ1v) is 9.82. The molecule has 3 rings (SSSR count). The van der Waals surface area contributed by atoms with Crippen LogP contribution in [0, 0.1) is 12.8 Å². The maximum atomic E-state index is 12.8. The van der Waals surface area contributed by atoms with E-state index in [1.54, 1.807) is 0 Å². The molecule has 1 aromatic carbocycles. The Balaban J connectivity index is 1.62. The standard InChI is InChI=1S/C21H30N4O2/c1-15(2)12-20(26)24-8-5-9-25(11-10-24)21(27)14-17-6-7-19-18(13-17)22-16(3)23(19)4/h6-7,13,15H,5,8-12,14H2,1-4H3. The van der Waals surface area contributed by atoms with Gasteiger partial charge in [0.2, 0.25) is 11.8 Å². The van der Waals surface area contributed by atoms with Gasteiger partial charge in [0.05, 0.1) is 17.5 Å². The van der Waals surface area contributed by atoms with Gasteiger partial charge < -0.3 is 14.4 Å². The number of aryl methyl sites for hydroxylation is 2. The van der Waals surface area contributed by atoms with Crippen LogP contribution in [0.25, 0.3) is 11.0 Å². The lowest BCUT2D eigenvalue weighted by atomic mass is 10.1. The van der Waals surface area contributed by atoms with Crippen LogP contribution in [-0.4, -0.2) is 57.3 Å². The Morgan fingerprint density at radius 2 is 1.74 bits per heavy atom. The summed E-state index contributed by atoms with van der Waals surface area (Å²) in [5.74, 6) is 1.66. The van der Waals surface area contributed by atoms with Crippen molar-refractivity contribution in [3.63, 3.8) is 0 Å². The number of imidazole rings is 1. The minimum absolute atomic E-state index is 0.125. The molecule has 1 aliphatic rings. The third kappa shape index (κ3) is 4.49. The van der Waals surface area contributed by atoms with Crippen molar-refractivity contribution in [2.24, 2.45) is 13.0 Å².